The van der Waals surface area contributed by atoms with Crippen molar-refractivity contribution in [2.75, 3.05) is 13.6 Å². The molecule has 13 heavy (non-hydrogen) atoms. The fourth-order valence-electron chi connectivity index (χ4n) is 1.12. The third-order valence-electron chi connectivity index (χ3n) is 1.81. The zero-order valence-electron chi connectivity index (χ0n) is 7.77. The van der Waals surface area contributed by atoms with Gasteiger partial charge >= 0.3 is 0 Å². The van der Waals surface area contributed by atoms with E-state index in [1.807, 2.05) is 19.2 Å². The topological polar surface area (TPSA) is 39.9 Å². The van der Waals surface area contributed by atoms with Gasteiger partial charge in [-0.05, 0) is 24.7 Å². The number of rotatable bonds is 4. The van der Waals surface area contributed by atoms with Crippen LogP contribution >= 0.6 is 0 Å². The summed E-state index contributed by atoms with van der Waals surface area (Å²) in [6.07, 6.45) is 4.16. The van der Waals surface area contributed by atoms with Crippen LogP contribution in [0.4, 0.5) is 0 Å². The van der Waals surface area contributed by atoms with Crippen LogP contribution in [-0.4, -0.2) is 23.5 Å². The summed E-state index contributed by atoms with van der Waals surface area (Å²) in [6.45, 7) is 1.70. The highest BCUT2D eigenvalue weighted by Crippen LogP contribution is 2.00. The largest absolute Gasteiger partial charge is 0.301 e. The van der Waals surface area contributed by atoms with Gasteiger partial charge in [0.15, 0.2) is 0 Å². The third-order valence-corrected chi connectivity index (χ3v) is 1.81. The van der Waals surface area contributed by atoms with E-state index in [0.717, 1.165) is 13.1 Å². The molecular formula is C10H13N3. The van der Waals surface area contributed by atoms with E-state index in [-0.39, 0.29) is 0 Å². The molecule has 0 unspecified atom stereocenters. The Kier molecular flexibility index (Phi) is 3.94. The molecule has 0 bridgehead atoms. The Morgan fingerprint density at radius 2 is 2.15 bits per heavy atom. The van der Waals surface area contributed by atoms with Crippen molar-refractivity contribution in [3.8, 4) is 6.07 Å². The van der Waals surface area contributed by atoms with Gasteiger partial charge in [-0.3, -0.25) is 4.98 Å². The first-order valence-corrected chi connectivity index (χ1v) is 4.27. The van der Waals surface area contributed by atoms with Crippen molar-refractivity contribution in [2.24, 2.45) is 0 Å². The molecule has 1 rings (SSSR count). The summed E-state index contributed by atoms with van der Waals surface area (Å²) >= 11 is 0. The van der Waals surface area contributed by atoms with Gasteiger partial charge in [0.05, 0.1) is 6.07 Å². The van der Waals surface area contributed by atoms with Crippen molar-refractivity contribution >= 4 is 0 Å². The first kappa shape index (κ1) is 9.69. The average Bonchev–Trinajstić information content (AvgIpc) is 2.16. The summed E-state index contributed by atoms with van der Waals surface area (Å²) in [7, 11) is 2.01. The van der Waals surface area contributed by atoms with Gasteiger partial charge < -0.3 is 4.90 Å². The molecule has 0 fully saturated rings. The van der Waals surface area contributed by atoms with E-state index in [9.17, 15) is 0 Å². The van der Waals surface area contributed by atoms with E-state index in [0.29, 0.717) is 6.42 Å². The molecule has 0 aliphatic rings. The van der Waals surface area contributed by atoms with Crippen LogP contribution < -0.4 is 0 Å². The second kappa shape index (κ2) is 5.28. The van der Waals surface area contributed by atoms with Crippen LogP contribution in [0, 0.1) is 11.3 Å². The molecule has 1 aromatic rings. The summed E-state index contributed by atoms with van der Waals surface area (Å²) in [5.74, 6) is 0. The molecule has 0 aliphatic carbocycles. The quantitative estimate of drug-likeness (QED) is 0.695. The summed E-state index contributed by atoms with van der Waals surface area (Å²) in [5, 5.41) is 8.39. The van der Waals surface area contributed by atoms with Crippen LogP contribution in [0.2, 0.25) is 0 Å². The van der Waals surface area contributed by atoms with E-state index in [4.69, 9.17) is 5.26 Å². The molecule has 68 valence electrons. The summed E-state index contributed by atoms with van der Waals surface area (Å²) in [6, 6.07) is 6.11. The molecule has 0 saturated carbocycles. The standard InChI is InChI=1S/C10H13N3/c1-13(8-2-5-11)9-10-3-6-12-7-4-10/h3-4,6-7H,2,8-9H2,1H3. The summed E-state index contributed by atoms with van der Waals surface area (Å²) in [5.41, 5.74) is 1.23. The Morgan fingerprint density at radius 3 is 2.77 bits per heavy atom. The van der Waals surface area contributed by atoms with Crippen molar-refractivity contribution in [3.05, 3.63) is 30.1 Å². The summed E-state index contributed by atoms with van der Waals surface area (Å²) in [4.78, 5) is 6.07. The molecule has 0 saturated heterocycles. The van der Waals surface area contributed by atoms with Gasteiger partial charge in [-0.2, -0.15) is 5.26 Å². The Morgan fingerprint density at radius 1 is 1.46 bits per heavy atom. The fourth-order valence-corrected chi connectivity index (χ4v) is 1.12. The lowest BCUT2D eigenvalue weighted by Gasteiger charge is -2.14. The van der Waals surface area contributed by atoms with Crippen LogP contribution in [0.25, 0.3) is 0 Å². The maximum absolute atomic E-state index is 8.39. The molecule has 0 amide bonds. The highest BCUT2D eigenvalue weighted by molar-refractivity contribution is 5.09. The van der Waals surface area contributed by atoms with Crippen molar-refractivity contribution < 1.29 is 0 Å². The van der Waals surface area contributed by atoms with Crippen molar-refractivity contribution in [1.29, 1.82) is 5.26 Å². The minimum Gasteiger partial charge on any atom is -0.301 e. The maximum atomic E-state index is 8.39. The Bertz CT molecular complexity index is 276. The van der Waals surface area contributed by atoms with Crippen molar-refractivity contribution in [3.63, 3.8) is 0 Å². The van der Waals surface area contributed by atoms with E-state index >= 15 is 0 Å². The molecular weight excluding hydrogens is 162 g/mol. The molecule has 0 aliphatic heterocycles. The van der Waals surface area contributed by atoms with Gasteiger partial charge in [0.2, 0.25) is 0 Å². The number of hydrogen-bond acceptors (Lipinski definition) is 3. The van der Waals surface area contributed by atoms with E-state index in [1.165, 1.54) is 5.56 Å². The van der Waals surface area contributed by atoms with Gasteiger partial charge in [0.25, 0.3) is 0 Å². The Hall–Kier alpha value is -1.40. The van der Waals surface area contributed by atoms with E-state index in [1.54, 1.807) is 12.4 Å². The lowest BCUT2D eigenvalue weighted by Crippen LogP contribution is -2.18. The van der Waals surface area contributed by atoms with Crippen molar-refractivity contribution in [1.82, 2.24) is 9.88 Å². The zero-order valence-corrected chi connectivity index (χ0v) is 7.77. The van der Waals surface area contributed by atoms with Crippen LogP contribution in [0.5, 0.6) is 0 Å². The second-order valence-corrected chi connectivity index (χ2v) is 3.00. The molecule has 0 radical (unpaired) electrons. The smallest absolute Gasteiger partial charge is 0.0635 e. The molecule has 1 heterocycles. The fraction of sp³-hybridized carbons (Fsp3) is 0.400. The van der Waals surface area contributed by atoms with Gasteiger partial charge in [-0.1, -0.05) is 0 Å². The van der Waals surface area contributed by atoms with Crippen LogP contribution in [0.15, 0.2) is 24.5 Å². The first-order chi connectivity index (χ1) is 6.33. The van der Waals surface area contributed by atoms with Gasteiger partial charge in [0.1, 0.15) is 0 Å². The Labute approximate surface area is 78.6 Å². The highest BCUT2D eigenvalue weighted by atomic mass is 15.1. The number of nitriles is 1. The molecule has 0 aromatic carbocycles. The van der Waals surface area contributed by atoms with Gasteiger partial charge in [0, 0.05) is 31.9 Å². The van der Waals surface area contributed by atoms with Crippen molar-refractivity contribution in [2.45, 2.75) is 13.0 Å². The first-order valence-electron chi connectivity index (χ1n) is 4.27. The number of aromatic nitrogens is 1. The van der Waals surface area contributed by atoms with E-state index in [2.05, 4.69) is 16.0 Å². The maximum Gasteiger partial charge on any atom is 0.0635 e. The predicted octanol–water partition coefficient (Wildman–Crippen LogP) is 1.43. The molecule has 0 N–H and O–H groups in total. The van der Waals surface area contributed by atoms with Gasteiger partial charge in [-0.15, -0.1) is 0 Å². The number of hydrogen-bond donors (Lipinski definition) is 0. The third kappa shape index (κ3) is 3.68. The normalized spacial score (nSPS) is 9.92. The molecule has 3 heteroatoms. The SMILES string of the molecule is CN(CCC#N)Cc1ccncc1. The average molecular weight is 175 g/mol. The zero-order chi connectivity index (χ0) is 9.52. The minimum atomic E-state index is 0.585. The highest BCUT2D eigenvalue weighted by Gasteiger charge is 1.98. The summed E-state index contributed by atoms with van der Waals surface area (Å²) < 4.78 is 0. The Balaban J connectivity index is 2.37. The van der Waals surface area contributed by atoms with Crippen LogP contribution in [0.3, 0.4) is 0 Å². The predicted molar refractivity (Wildman–Crippen MR) is 50.8 cm³/mol. The molecule has 3 nitrogen and oxygen atoms in total. The molecule has 0 spiro atoms. The minimum absolute atomic E-state index is 0.585. The molecule has 1 aromatic heterocycles. The number of nitrogens with zero attached hydrogens (tertiary/aromatic N) is 3. The number of pyridine rings is 1. The lowest BCUT2D eigenvalue weighted by atomic mass is 10.2. The second-order valence-electron chi connectivity index (χ2n) is 3.00. The van der Waals surface area contributed by atoms with Crippen LogP contribution in [0.1, 0.15) is 12.0 Å². The van der Waals surface area contributed by atoms with Crippen LogP contribution in [-0.2, 0) is 6.54 Å². The van der Waals surface area contributed by atoms with E-state index < -0.39 is 0 Å². The molecule has 0 atom stereocenters. The monoisotopic (exact) mass is 175 g/mol. The lowest BCUT2D eigenvalue weighted by molar-refractivity contribution is 0.335. The van der Waals surface area contributed by atoms with Gasteiger partial charge in [-0.25, -0.2) is 0 Å².